The number of hydrogen-bond donors (Lipinski definition) is 3. The second kappa shape index (κ2) is 7.94. The van der Waals surface area contributed by atoms with Gasteiger partial charge in [0.05, 0.1) is 18.6 Å². The maximum atomic E-state index is 12.8. The lowest BCUT2D eigenvalue weighted by Gasteiger charge is -2.37. The van der Waals surface area contributed by atoms with Crippen molar-refractivity contribution in [3.05, 3.63) is 66.1 Å². The number of nitrogens with zero attached hydrogens (tertiary/aromatic N) is 3. The molecular formula is C22H26N6O. The van der Waals surface area contributed by atoms with Gasteiger partial charge in [0, 0.05) is 55.7 Å². The monoisotopic (exact) mass is 390 g/mol. The first-order valence-electron chi connectivity index (χ1n) is 10.3. The number of carbonyl (C=O) groups is 1. The van der Waals surface area contributed by atoms with Gasteiger partial charge in [-0.1, -0.05) is 24.3 Å². The minimum atomic E-state index is 0.208. The van der Waals surface area contributed by atoms with E-state index in [-0.39, 0.29) is 18.1 Å². The minimum Gasteiger partial charge on any atom is -0.361 e. The number of pyridine rings is 1. The van der Waals surface area contributed by atoms with Gasteiger partial charge in [-0.15, -0.1) is 0 Å². The second-order valence-corrected chi connectivity index (χ2v) is 7.83. The quantitative estimate of drug-likeness (QED) is 0.634. The number of hydrazine groups is 1. The summed E-state index contributed by atoms with van der Waals surface area (Å²) in [6.45, 7) is 3.32. The Hall–Kier alpha value is -2.74. The number of fused-ring (bicyclic) bond motifs is 1. The van der Waals surface area contributed by atoms with Crippen LogP contribution in [0.15, 0.2) is 55.0 Å². The largest absolute Gasteiger partial charge is 0.361 e. The average molecular weight is 390 g/mol. The summed E-state index contributed by atoms with van der Waals surface area (Å²) >= 11 is 0. The number of rotatable bonds is 4. The van der Waals surface area contributed by atoms with E-state index in [0.29, 0.717) is 6.42 Å². The molecule has 1 aromatic carbocycles. The van der Waals surface area contributed by atoms with Crippen LogP contribution >= 0.6 is 0 Å². The lowest BCUT2D eigenvalue weighted by atomic mass is 10.1. The fourth-order valence-electron chi connectivity index (χ4n) is 4.42. The number of nitrogens with one attached hydrogen (secondary N) is 3. The van der Waals surface area contributed by atoms with E-state index in [4.69, 9.17) is 0 Å². The number of amides is 1. The zero-order valence-corrected chi connectivity index (χ0v) is 16.3. The molecule has 1 amide bonds. The van der Waals surface area contributed by atoms with Gasteiger partial charge in [0.15, 0.2) is 0 Å². The Balaban J connectivity index is 1.15. The fraction of sp³-hybridized carbons (Fsp3) is 0.364. The molecule has 2 atom stereocenters. The number of aromatic nitrogens is 2. The molecule has 2 aliphatic heterocycles. The van der Waals surface area contributed by atoms with Gasteiger partial charge < -0.3 is 9.88 Å². The van der Waals surface area contributed by atoms with Crippen LogP contribution in [0.3, 0.4) is 0 Å². The highest BCUT2D eigenvalue weighted by molar-refractivity contribution is 5.88. The predicted molar refractivity (Wildman–Crippen MR) is 112 cm³/mol. The lowest BCUT2D eigenvalue weighted by molar-refractivity contribution is -0.132. The molecule has 2 saturated heterocycles. The Bertz CT molecular complexity index is 979. The highest BCUT2D eigenvalue weighted by atomic mass is 16.2. The zero-order valence-electron chi connectivity index (χ0n) is 16.3. The molecule has 2 fully saturated rings. The van der Waals surface area contributed by atoms with Gasteiger partial charge >= 0.3 is 0 Å². The molecule has 7 heteroatoms. The first kappa shape index (κ1) is 18.3. The van der Waals surface area contributed by atoms with Crippen LogP contribution < -0.4 is 10.9 Å². The summed E-state index contributed by atoms with van der Waals surface area (Å²) in [6, 6.07) is 12.5. The summed E-state index contributed by atoms with van der Waals surface area (Å²) in [5.74, 6) is 0.208. The summed E-state index contributed by atoms with van der Waals surface area (Å²) in [6.07, 6.45) is 7.42. The van der Waals surface area contributed by atoms with Gasteiger partial charge in [-0.25, -0.2) is 10.9 Å². The number of H-pyrrole nitrogens is 1. The van der Waals surface area contributed by atoms with Crippen molar-refractivity contribution in [1.29, 1.82) is 0 Å². The number of hydrogen-bond acceptors (Lipinski definition) is 5. The van der Waals surface area contributed by atoms with Crippen molar-refractivity contribution in [2.45, 2.75) is 25.0 Å². The Labute approximate surface area is 170 Å². The van der Waals surface area contributed by atoms with E-state index in [9.17, 15) is 4.79 Å². The van der Waals surface area contributed by atoms with Crippen molar-refractivity contribution >= 4 is 16.8 Å². The van der Waals surface area contributed by atoms with E-state index in [0.717, 1.165) is 49.1 Å². The first-order valence-corrected chi connectivity index (χ1v) is 10.3. The lowest BCUT2D eigenvalue weighted by Crippen LogP contribution is -2.55. The van der Waals surface area contributed by atoms with E-state index >= 15 is 0 Å². The van der Waals surface area contributed by atoms with Crippen LogP contribution in [-0.2, 0) is 11.2 Å². The Morgan fingerprint density at radius 3 is 2.76 bits per heavy atom. The minimum absolute atomic E-state index is 0.208. The van der Waals surface area contributed by atoms with Crippen LogP contribution in [0.1, 0.15) is 23.6 Å². The molecule has 0 saturated carbocycles. The molecule has 150 valence electrons. The zero-order chi connectivity index (χ0) is 19.6. The van der Waals surface area contributed by atoms with Gasteiger partial charge in [-0.05, 0) is 29.7 Å². The molecule has 0 spiro atoms. The summed E-state index contributed by atoms with van der Waals surface area (Å²) < 4.78 is 0. The van der Waals surface area contributed by atoms with E-state index in [1.165, 1.54) is 5.56 Å². The van der Waals surface area contributed by atoms with Crippen LogP contribution in [0.25, 0.3) is 10.9 Å². The number of aromatic amines is 1. The van der Waals surface area contributed by atoms with E-state index in [1.807, 2.05) is 41.6 Å². The maximum Gasteiger partial charge on any atom is 0.227 e. The third-order valence-corrected chi connectivity index (χ3v) is 6.09. The second-order valence-electron chi connectivity index (χ2n) is 7.83. The molecular weight excluding hydrogens is 364 g/mol. The molecule has 2 unspecified atom stereocenters. The van der Waals surface area contributed by atoms with Crippen molar-refractivity contribution in [3.63, 3.8) is 0 Å². The molecule has 0 radical (unpaired) electrons. The van der Waals surface area contributed by atoms with Crippen molar-refractivity contribution in [1.82, 2.24) is 30.6 Å². The molecule has 4 heterocycles. The van der Waals surface area contributed by atoms with Crippen LogP contribution in [0.4, 0.5) is 0 Å². The molecule has 7 nitrogen and oxygen atoms in total. The number of para-hydroxylation sites is 1. The van der Waals surface area contributed by atoms with E-state index < -0.39 is 0 Å². The average Bonchev–Trinajstić information content (AvgIpc) is 3.43. The molecule has 2 aliphatic rings. The fourth-order valence-corrected chi connectivity index (χ4v) is 4.42. The highest BCUT2D eigenvalue weighted by Gasteiger charge is 2.32. The van der Waals surface area contributed by atoms with Gasteiger partial charge in [0.2, 0.25) is 5.91 Å². The molecule has 5 rings (SSSR count). The van der Waals surface area contributed by atoms with Crippen molar-refractivity contribution < 1.29 is 4.79 Å². The Kier molecular flexibility index (Phi) is 5.01. The van der Waals surface area contributed by atoms with Gasteiger partial charge in [0.25, 0.3) is 0 Å². The van der Waals surface area contributed by atoms with Crippen LogP contribution in [0.5, 0.6) is 0 Å². The summed E-state index contributed by atoms with van der Waals surface area (Å²) in [5, 5.41) is 1.14. The summed E-state index contributed by atoms with van der Waals surface area (Å²) in [5.41, 5.74) is 10.2. The van der Waals surface area contributed by atoms with Gasteiger partial charge in [0.1, 0.15) is 0 Å². The van der Waals surface area contributed by atoms with Crippen LogP contribution in [0.2, 0.25) is 0 Å². The predicted octanol–water partition coefficient (Wildman–Crippen LogP) is 1.81. The highest BCUT2D eigenvalue weighted by Crippen LogP contribution is 2.24. The van der Waals surface area contributed by atoms with Crippen molar-refractivity contribution in [3.8, 4) is 0 Å². The molecule has 3 aromatic rings. The van der Waals surface area contributed by atoms with Crippen molar-refractivity contribution in [2.75, 3.05) is 26.2 Å². The molecule has 0 aliphatic carbocycles. The third kappa shape index (κ3) is 3.76. The van der Waals surface area contributed by atoms with E-state index in [1.54, 1.807) is 6.20 Å². The summed E-state index contributed by atoms with van der Waals surface area (Å²) in [7, 11) is 0. The van der Waals surface area contributed by atoms with Gasteiger partial charge in [-0.2, -0.15) is 0 Å². The molecule has 29 heavy (non-hydrogen) atoms. The SMILES string of the molecule is O=C(Cc1c[nH]c2ccccc12)N1CCN(C2CC(c3cccnc3)NN2)CC1. The number of piperazine rings is 1. The topological polar surface area (TPSA) is 76.3 Å². The van der Waals surface area contributed by atoms with Crippen LogP contribution in [-0.4, -0.2) is 58.0 Å². The Morgan fingerprint density at radius 1 is 1.07 bits per heavy atom. The smallest absolute Gasteiger partial charge is 0.227 e. The Morgan fingerprint density at radius 2 is 1.93 bits per heavy atom. The molecule has 2 aromatic heterocycles. The van der Waals surface area contributed by atoms with Crippen LogP contribution in [0, 0.1) is 0 Å². The normalized spacial score (nSPS) is 23.0. The standard InChI is InChI=1S/C22H26N6O/c29-22(12-17-15-24-19-6-2-1-5-18(17)19)28-10-8-27(9-11-28)21-13-20(25-26-21)16-4-3-7-23-14-16/h1-7,14-15,20-21,24-26H,8-13H2. The maximum absolute atomic E-state index is 12.8. The molecule has 3 N–H and O–H groups in total. The molecule has 0 bridgehead atoms. The van der Waals surface area contributed by atoms with Crippen molar-refractivity contribution in [2.24, 2.45) is 0 Å². The summed E-state index contributed by atoms with van der Waals surface area (Å²) in [4.78, 5) is 24.7. The van der Waals surface area contributed by atoms with E-state index in [2.05, 4.69) is 37.9 Å². The number of benzene rings is 1. The number of carbonyl (C=O) groups excluding carboxylic acids is 1. The third-order valence-electron chi connectivity index (χ3n) is 6.09. The van der Waals surface area contributed by atoms with Gasteiger partial charge in [-0.3, -0.25) is 14.7 Å². The first-order chi connectivity index (χ1) is 14.3.